The van der Waals surface area contributed by atoms with Crippen molar-refractivity contribution in [1.82, 2.24) is 14.9 Å². The Morgan fingerprint density at radius 2 is 0.714 bits per heavy atom. The quantitative estimate of drug-likeness (QED) is 0.0267. The van der Waals surface area contributed by atoms with Gasteiger partial charge in [0.1, 0.15) is 0 Å². The number of unbranched alkanes of at least 4 members (excludes halogenated alkanes) is 35. The van der Waals surface area contributed by atoms with Crippen LogP contribution in [0.2, 0.25) is 0 Å². The highest BCUT2D eigenvalue weighted by atomic mass is 16.5. The number of aliphatic hydroxyl groups excluding tert-OH is 1. The topological polar surface area (TPSA) is 103 Å². The molecule has 0 rings (SSSR count). The van der Waals surface area contributed by atoms with E-state index in [4.69, 9.17) is 9.47 Å². The van der Waals surface area contributed by atoms with E-state index >= 15 is 0 Å². The molecule has 0 aromatic heterocycles. The number of aliphatic hydroxyl groups is 1. The lowest BCUT2D eigenvalue weighted by atomic mass is 10.1. The van der Waals surface area contributed by atoms with Gasteiger partial charge in [-0.15, -0.1) is 11.8 Å². The highest BCUT2D eigenvalue weighted by molar-refractivity contribution is 5.71. The Kier molecular flexibility index (Phi) is 56.8. The van der Waals surface area contributed by atoms with E-state index in [-0.39, 0.29) is 18.5 Å². The third-order valence-corrected chi connectivity index (χ3v) is 14.0. The molecule has 2 N–H and O–H groups in total. The van der Waals surface area contributed by atoms with E-state index in [9.17, 15) is 19.9 Å². The highest BCUT2D eigenvalue weighted by Gasteiger charge is 2.12. The zero-order valence-electron chi connectivity index (χ0n) is 47.1. The summed E-state index contributed by atoms with van der Waals surface area (Å²) in [6.45, 7) is 15.0. The van der Waals surface area contributed by atoms with Crippen molar-refractivity contribution < 1.29 is 29.4 Å². The van der Waals surface area contributed by atoms with E-state index < -0.39 is 0 Å². The standard InChI is InChI=1S/C61H119N3O6/c1-4-7-10-13-16-17-18-24-33-40-49-62(55-56-65)50-41-34-25-19-20-28-37-46-57-69-60(66)48-39-30-23-21-26-35-44-53-64(68)54-45-36-27-22-29-38-47-58-70-61(67)59-63(51-42-31-14-11-8-5-2)52-43-32-15-12-9-6-3/h65,68H,4-6,8-9,11-59H2,1-3H3. The summed E-state index contributed by atoms with van der Waals surface area (Å²) in [7, 11) is 0. The summed E-state index contributed by atoms with van der Waals surface area (Å²) in [5.41, 5.74) is 0. The van der Waals surface area contributed by atoms with Crippen LogP contribution in [0.1, 0.15) is 297 Å². The number of nitrogens with zero attached hydrogens (tertiary/aromatic N) is 3. The second-order valence-electron chi connectivity index (χ2n) is 20.9. The van der Waals surface area contributed by atoms with E-state index in [1.165, 1.54) is 191 Å². The Balaban J connectivity index is 3.60. The summed E-state index contributed by atoms with van der Waals surface area (Å²) < 4.78 is 11.2. The summed E-state index contributed by atoms with van der Waals surface area (Å²) in [5, 5.41) is 21.3. The van der Waals surface area contributed by atoms with Crippen molar-refractivity contribution in [2.24, 2.45) is 0 Å². The fourth-order valence-electron chi connectivity index (χ4n) is 9.46. The van der Waals surface area contributed by atoms with Gasteiger partial charge in [0, 0.05) is 38.9 Å². The number of hydrogen-bond acceptors (Lipinski definition) is 9. The van der Waals surface area contributed by atoms with Gasteiger partial charge in [-0.05, 0) is 90.4 Å². The third kappa shape index (κ3) is 54.1. The Morgan fingerprint density at radius 1 is 0.371 bits per heavy atom. The lowest BCUT2D eigenvalue weighted by molar-refractivity contribution is -0.145. The van der Waals surface area contributed by atoms with Crippen molar-refractivity contribution >= 4 is 11.9 Å². The van der Waals surface area contributed by atoms with Gasteiger partial charge in [0.25, 0.3) is 0 Å². The van der Waals surface area contributed by atoms with Crippen molar-refractivity contribution in [1.29, 1.82) is 0 Å². The van der Waals surface area contributed by atoms with Crippen molar-refractivity contribution in [2.75, 3.05) is 72.2 Å². The largest absolute Gasteiger partial charge is 0.466 e. The van der Waals surface area contributed by atoms with Crippen LogP contribution >= 0.6 is 0 Å². The fourth-order valence-corrected chi connectivity index (χ4v) is 9.46. The van der Waals surface area contributed by atoms with E-state index in [2.05, 4.69) is 42.4 Å². The van der Waals surface area contributed by atoms with Crippen LogP contribution in [0, 0.1) is 11.8 Å². The first-order valence-electron chi connectivity index (χ1n) is 30.7. The number of ether oxygens (including phenoxy) is 2. The van der Waals surface area contributed by atoms with Crippen LogP contribution < -0.4 is 0 Å². The molecule has 9 heteroatoms. The molecule has 0 heterocycles. The smallest absolute Gasteiger partial charge is 0.320 e. The Hall–Kier alpha value is -1.70. The van der Waals surface area contributed by atoms with Crippen molar-refractivity contribution in [3.63, 3.8) is 0 Å². The Bertz CT molecular complexity index is 1110. The zero-order chi connectivity index (χ0) is 50.9. The third-order valence-electron chi connectivity index (χ3n) is 14.0. The van der Waals surface area contributed by atoms with E-state index in [1.807, 2.05) is 0 Å². The molecular weight excluding hydrogens is 871 g/mol. The highest BCUT2D eigenvalue weighted by Crippen LogP contribution is 2.15. The molecule has 0 radical (unpaired) electrons. The predicted octanol–water partition coefficient (Wildman–Crippen LogP) is 16.2. The summed E-state index contributed by atoms with van der Waals surface area (Å²) >= 11 is 0. The van der Waals surface area contributed by atoms with Crippen LogP contribution in [0.15, 0.2) is 0 Å². The van der Waals surface area contributed by atoms with Gasteiger partial charge in [-0.1, -0.05) is 213 Å². The van der Waals surface area contributed by atoms with E-state index in [1.54, 1.807) is 0 Å². The van der Waals surface area contributed by atoms with Gasteiger partial charge in [-0.3, -0.25) is 14.5 Å². The molecule has 0 amide bonds. The summed E-state index contributed by atoms with van der Waals surface area (Å²) in [5.74, 6) is 6.31. The number of esters is 2. The molecule has 70 heavy (non-hydrogen) atoms. The van der Waals surface area contributed by atoms with E-state index in [0.717, 1.165) is 129 Å². The molecule has 0 fully saturated rings. The molecular formula is C61H119N3O6. The Morgan fingerprint density at radius 3 is 1.13 bits per heavy atom. The van der Waals surface area contributed by atoms with E-state index in [0.29, 0.717) is 26.2 Å². The van der Waals surface area contributed by atoms with Crippen LogP contribution in [0.4, 0.5) is 0 Å². The van der Waals surface area contributed by atoms with Crippen molar-refractivity contribution in [3.05, 3.63) is 0 Å². The summed E-state index contributed by atoms with van der Waals surface area (Å²) in [4.78, 5) is 29.6. The van der Waals surface area contributed by atoms with Crippen molar-refractivity contribution in [3.8, 4) is 11.8 Å². The molecule has 0 aromatic rings. The number of carbonyl (C=O) groups excluding carboxylic acids is 2. The molecule has 0 spiro atoms. The molecule has 0 atom stereocenters. The minimum absolute atomic E-state index is 0.0358. The summed E-state index contributed by atoms with van der Waals surface area (Å²) in [6.07, 6.45) is 50.9. The molecule has 0 aromatic carbocycles. The van der Waals surface area contributed by atoms with Crippen molar-refractivity contribution in [2.45, 2.75) is 297 Å². The predicted molar refractivity (Wildman–Crippen MR) is 299 cm³/mol. The summed E-state index contributed by atoms with van der Waals surface area (Å²) in [6, 6.07) is 0. The van der Waals surface area contributed by atoms with Crippen LogP contribution in [-0.2, 0) is 19.1 Å². The monoisotopic (exact) mass is 990 g/mol. The number of rotatable bonds is 57. The van der Waals surface area contributed by atoms with Gasteiger partial charge in [-0.25, -0.2) is 0 Å². The van der Waals surface area contributed by atoms with Gasteiger partial charge >= 0.3 is 11.9 Å². The van der Waals surface area contributed by atoms with Gasteiger partial charge in [-0.2, -0.15) is 5.06 Å². The molecule has 0 aliphatic heterocycles. The normalized spacial score (nSPS) is 11.5. The van der Waals surface area contributed by atoms with Crippen LogP contribution in [-0.4, -0.2) is 109 Å². The SMILES string of the molecule is CCC#CCCCCCCCCN(CCO)CCCCCCCCCCOC(=O)CCCCCCCCCN(O)CCCCCCCCCOC(=O)CN(CCCCCCCC)CCCCCCCC. The maximum atomic E-state index is 12.6. The van der Waals surface area contributed by atoms with Crippen LogP contribution in [0.25, 0.3) is 0 Å². The fraction of sp³-hybridized carbons (Fsp3) is 0.934. The average Bonchev–Trinajstić information content (AvgIpc) is 3.35. The first-order chi connectivity index (χ1) is 34.5. The van der Waals surface area contributed by atoms with Gasteiger partial charge in [0.15, 0.2) is 0 Å². The molecule has 0 saturated heterocycles. The number of carbonyl (C=O) groups is 2. The van der Waals surface area contributed by atoms with Gasteiger partial charge in [0.2, 0.25) is 0 Å². The lowest BCUT2D eigenvalue weighted by Gasteiger charge is -2.21. The zero-order valence-corrected chi connectivity index (χ0v) is 47.1. The minimum Gasteiger partial charge on any atom is -0.466 e. The maximum absolute atomic E-state index is 12.6. The molecule has 0 saturated carbocycles. The average molecular weight is 991 g/mol. The number of hydrogen-bond donors (Lipinski definition) is 2. The molecule has 414 valence electrons. The molecule has 0 unspecified atom stereocenters. The van der Waals surface area contributed by atoms with Crippen LogP contribution in [0.3, 0.4) is 0 Å². The first-order valence-corrected chi connectivity index (χ1v) is 30.7. The van der Waals surface area contributed by atoms with Crippen LogP contribution in [0.5, 0.6) is 0 Å². The molecule has 0 bridgehead atoms. The maximum Gasteiger partial charge on any atom is 0.320 e. The first kappa shape index (κ1) is 68.3. The van der Waals surface area contributed by atoms with Gasteiger partial charge in [0.05, 0.1) is 26.4 Å². The van der Waals surface area contributed by atoms with Gasteiger partial charge < -0.3 is 24.7 Å². The molecule has 0 aliphatic carbocycles. The Labute approximate surface area is 435 Å². The lowest BCUT2D eigenvalue weighted by Crippen LogP contribution is -2.33. The number of hydroxylamine groups is 2. The molecule has 9 nitrogen and oxygen atoms in total. The minimum atomic E-state index is -0.0487. The second-order valence-corrected chi connectivity index (χ2v) is 20.9. The molecule has 0 aliphatic rings. The second kappa shape index (κ2) is 58.2.